The molecule has 0 spiro atoms. The number of rotatable bonds is 20. The van der Waals surface area contributed by atoms with Crippen LogP contribution >= 0.6 is 0 Å². The highest BCUT2D eigenvalue weighted by Gasteiger charge is 1.96. The van der Waals surface area contributed by atoms with Crippen molar-refractivity contribution in [3.63, 3.8) is 0 Å². The van der Waals surface area contributed by atoms with Crippen molar-refractivity contribution in [3.8, 4) is 5.75 Å². The lowest BCUT2D eigenvalue weighted by Crippen LogP contribution is -2.17. The van der Waals surface area contributed by atoms with Crippen LogP contribution in [-0.4, -0.2) is 18.2 Å². The minimum atomic E-state index is 0.357. The van der Waals surface area contributed by atoms with Gasteiger partial charge in [-0.1, -0.05) is 109 Å². The van der Waals surface area contributed by atoms with E-state index in [4.69, 9.17) is 0 Å². The maximum Gasteiger partial charge on any atom is 0.115 e. The molecule has 2 nitrogen and oxygen atoms in total. The number of hydrogen-bond acceptors (Lipinski definition) is 2. The first-order valence-corrected chi connectivity index (χ1v) is 12.3. The third-order valence-electron chi connectivity index (χ3n) is 5.71. The smallest absolute Gasteiger partial charge is 0.115 e. The van der Waals surface area contributed by atoms with Gasteiger partial charge in [-0.15, -0.1) is 0 Å². The Morgan fingerprint density at radius 2 is 1.00 bits per heavy atom. The SMILES string of the molecule is CCCCCCCCCCCCCCCCCNCCCc1ccc(O)cc1. The summed E-state index contributed by atoms with van der Waals surface area (Å²) in [6, 6.07) is 7.59. The second kappa shape index (κ2) is 19.3. The zero-order valence-corrected chi connectivity index (χ0v) is 18.7. The normalized spacial score (nSPS) is 11.2. The third-order valence-corrected chi connectivity index (χ3v) is 5.71. The topological polar surface area (TPSA) is 32.3 Å². The van der Waals surface area contributed by atoms with E-state index in [2.05, 4.69) is 12.2 Å². The minimum absolute atomic E-state index is 0.357. The summed E-state index contributed by atoms with van der Waals surface area (Å²) in [5, 5.41) is 12.8. The number of aromatic hydroxyl groups is 1. The van der Waals surface area contributed by atoms with Gasteiger partial charge in [-0.05, 0) is 50.0 Å². The van der Waals surface area contributed by atoms with Gasteiger partial charge in [-0.25, -0.2) is 0 Å². The second-order valence-electron chi connectivity index (χ2n) is 8.47. The van der Waals surface area contributed by atoms with Crippen molar-refractivity contribution in [1.82, 2.24) is 5.32 Å². The molecule has 0 saturated heterocycles. The molecule has 0 unspecified atom stereocenters. The number of benzene rings is 1. The molecule has 0 radical (unpaired) electrons. The first-order valence-electron chi connectivity index (χ1n) is 12.3. The number of unbranched alkanes of at least 4 members (excludes halogenated alkanes) is 14. The van der Waals surface area contributed by atoms with Crippen LogP contribution in [-0.2, 0) is 6.42 Å². The predicted molar refractivity (Wildman–Crippen MR) is 124 cm³/mol. The van der Waals surface area contributed by atoms with E-state index in [1.54, 1.807) is 12.1 Å². The maximum atomic E-state index is 9.28. The minimum Gasteiger partial charge on any atom is -0.508 e. The van der Waals surface area contributed by atoms with Crippen molar-refractivity contribution in [1.29, 1.82) is 0 Å². The van der Waals surface area contributed by atoms with Crippen LogP contribution in [0, 0.1) is 0 Å². The number of hydrogen-bond donors (Lipinski definition) is 2. The summed E-state index contributed by atoms with van der Waals surface area (Å²) in [6.07, 6.45) is 23.7. The number of nitrogens with one attached hydrogen (secondary N) is 1. The third kappa shape index (κ3) is 16.0. The van der Waals surface area contributed by atoms with Crippen molar-refractivity contribution in [3.05, 3.63) is 29.8 Å². The van der Waals surface area contributed by atoms with E-state index >= 15 is 0 Å². The summed E-state index contributed by atoms with van der Waals surface area (Å²) in [7, 11) is 0. The Morgan fingerprint density at radius 3 is 1.50 bits per heavy atom. The lowest BCUT2D eigenvalue weighted by atomic mass is 10.0. The van der Waals surface area contributed by atoms with E-state index in [0.29, 0.717) is 5.75 Å². The number of phenolic OH excluding ortho intramolecular Hbond substituents is 1. The van der Waals surface area contributed by atoms with E-state index in [-0.39, 0.29) is 0 Å². The molecule has 0 aromatic heterocycles. The zero-order valence-electron chi connectivity index (χ0n) is 18.7. The van der Waals surface area contributed by atoms with Crippen LogP contribution in [0.25, 0.3) is 0 Å². The summed E-state index contributed by atoms with van der Waals surface area (Å²) < 4.78 is 0. The van der Waals surface area contributed by atoms with E-state index in [1.165, 1.54) is 108 Å². The van der Waals surface area contributed by atoms with Gasteiger partial charge in [0, 0.05) is 0 Å². The lowest BCUT2D eigenvalue weighted by molar-refractivity contribution is 0.475. The van der Waals surface area contributed by atoms with Gasteiger partial charge >= 0.3 is 0 Å². The van der Waals surface area contributed by atoms with Crippen molar-refractivity contribution in [2.24, 2.45) is 0 Å². The Morgan fingerprint density at radius 1 is 0.571 bits per heavy atom. The molecule has 28 heavy (non-hydrogen) atoms. The first-order chi connectivity index (χ1) is 13.8. The van der Waals surface area contributed by atoms with Crippen molar-refractivity contribution >= 4 is 0 Å². The molecule has 1 rings (SSSR count). The van der Waals surface area contributed by atoms with E-state index in [0.717, 1.165) is 19.5 Å². The zero-order chi connectivity index (χ0) is 20.1. The Hall–Kier alpha value is -1.02. The van der Waals surface area contributed by atoms with Gasteiger partial charge in [0.05, 0.1) is 0 Å². The van der Waals surface area contributed by atoms with Crippen molar-refractivity contribution in [2.75, 3.05) is 13.1 Å². The van der Waals surface area contributed by atoms with Crippen LogP contribution < -0.4 is 5.32 Å². The van der Waals surface area contributed by atoms with Crippen molar-refractivity contribution in [2.45, 2.75) is 116 Å². The Balaban J connectivity index is 1.70. The predicted octanol–water partition coefficient (Wildman–Crippen LogP) is 7.79. The van der Waals surface area contributed by atoms with Crippen LogP contribution in [0.1, 0.15) is 115 Å². The summed E-state index contributed by atoms with van der Waals surface area (Å²) in [5.41, 5.74) is 1.31. The fourth-order valence-corrected chi connectivity index (χ4v) is 3.83. The Kier molecular flexibility index (Phi) is 17.2. The van der Waals surface area contributed by atoms with Gasteiger partial charge in [0.15, 0.2) is 0 Å². The lowest BCUT2D eigenvalue weighted by Gasteiger charge is -2.06. The van der Waals surface area contributed by atoms with Crippen LogP contribution in [0.2, 0.25) is 0 Å². The average molecular weight is 390 g/mol. The molecule has 0 heterocycles. The molecular formula is C26H47NO. The standard InChI is InChI=1S/C26H47NO/c1-2-3-4-5-6-7-8-9-10-11-12-13-14-15-16-23-27-24-17-18-25-19-21-26(28)22-20-25/h19-22,27-28H,2-18,23-24H2,1H3. The van der Waals surface area contributed by atoms with Crippen LogP contribution in [0.5, 0.6) is 5.75 Å². The maximum absolute atomic E-state index is 9.28. The monoisotopic (exact) mass is 389 g/mol. The van der Waals surface area contributed by atoms with Crippen molar-refractivity contribution < 1.29 is 5.11 Å². The highest BCUT2D eigenvalue weighted by atomic mass is 16.3. The molecule has 2 heteroatoms. The van der Waals surface area contributed by atoms with Gasteiger partial charge in [0.1, 0.15) is 5.75 Å². The molecule has 0 amide bonds. The molecule has 0 saturated carbocycles. The summed E-state index contributed by atoms with van der Waals surface area (Å²) in [5.74, 6) is 0.357. The van der Waals surface area contributed by atoms with Gasteiger partial charge in [-0.3, -0.25) is 0 Å². The second-order valence-corrected chi connectivity index (χ2v) is 8.47. The molecule has 0 fully saturated rings. The Labute approximate surface area is 175 Å². The highest BCUT2D eigenvalue weighted by Crippen LogP contribution is 2.13. The van der Waals surface area contributed by atoms with Crippen LogP contribution in [0.15, 0.2) is 24.3 Å². The molecule has 0 aliphatic carbocycles. The average Bonchev–Trinajstić information content (AvgIpc) is 2.71. The molecule has 1 aromatic carbocycles. The van der Waals surface area contributed by atoms with Crippen LogP contribution in [0.3, 0.4) is 0 Å². The molecule has 162 valence electrons. The van der Waals surface area contributed by atoms with E-state index in [9.17, 15) is 5.11 Å². The summed E-state index contributed by atoms with van der Waals surface area (Å²) >= 11 is 0. The van der Waals surface area contributed by atoms with Gasteiger partial charge in [0.2, 0.25) is 0 Å². The van der Waals surface area contributed by atoms with Gasteiger partial charge < -0.3 is 10.4 Å². The van der Waals surface area contributed by atoms with Gasteiger partial charge in [-0.2, -0.15) is 0 Å². The molecule has 0 aliphatic rings. The van der Waals surface area contributed by atoms with Gasteiger partial charge in [0.25, 0.3) is 0 Å². The highest BCUT2D eigenvalue weighted by molar-refractivity contribution is 5.25. The first kappa shape index (κ1) is 25.0. The molecule has 0 aliphatic heterocycles. The molecule has 2 N–H and O–H groups in total. The van der Waals surface area contributed by atoms with E-state index in [1.807, 2.05) is 12.1 Å². The molecule has 0 bridgehead atoms. The summed E-state index contributed by atoms with van der Waals surface area (Å²) in [4.78, 5) is 0. The quantitative estimate of drug-likeness (QED) is 0.223. The fraction of sp³-hybridized carbons (Fsp3) is 0.769. The van der Waals surface area contributed by atoms with E-state index < -0.39 is 0 Å². The van der Waals surface area contributed by atoms with Crippen LogP contribution in [0.4, 0.5) is 0 Å². The molecule has 1 aromatic rings. The molecule has 0 atom stereocenters. The number of phenols is 1. The Bertz CT molecular complexity index is 429. The largest absolute Gasteiger partial charge is 0.508 e. The fourth-order valence-electron chi connectivity index (χ4n) is 3.83. The number of aryl methyl sites for hydroxylation is 1. The molecular weight excluding hydrogens is 342 g/mol. The summed E-state index contributed by atoms with van der Waals surface area (Å²) in [6.45, 7) is 4.55.